The molecule has 0 bridgehead atoms. The predicted octanol–water partition coefficient (Wildman–Crippen LogP) is 4.13. The third kappa shape index (κ3) is 6.28. The maximum atomic E-state index is 12.8. The van der Waals surface area contributed by atoms with Crippen LogP contribution in [0.5, 0.6) is 0 Å². The molecule has 0 spiro atoms. The Morgan fingerprint density at radius 1 is 1.33 bits per heavy atom. The van der Waals surface area contributed by atoms with E-state index >= 15 is 0 Å². The van der Waals surface area contributed by atoms with E-state index in [2.05, 4.69) is 0 Å². The fourth-order valence-electron chi connectivity index (χ4n) is 2.14. The van der Waals surface area contributed by atoms with Crippen LogP contribution in [0, 0.1) is 5.92 Å². The number of carboxylic acid groups (broad SMARTS) is 1. The quantitative estimate of drug-likeness (QED) is 0.579. The van der Waals surface area contributed by atoms with E-state index in [-0.39, 0.29) is 17.7 Å². The normalized spacial score (nSPS) is 15.0. The molecule has 1 N–H and O–H groups in total. The molecule has 116 valence electrons. The van der Waals surface area contributed by atoms with Crippen molar-refractivity contribution in [3.63, 3.8) is 0 Å². The molecule has 0 aliphatic carbocycles. The third-order valence-electron chi connectivity index (χ3n) is 2.83. The summed E-state index contributed by atoms with van der Waals surface area (Å²) >= 11 is 0. The first-order chi connectivity index (χ1) is 9.86. The third-order valence-corrected chi connectivity index (χ3v) is 5.67. The van der Waals surface area contributed by atoms with Gasteiger partial charge in [0.15, 0.2) is 0 Å². The zero-order chi connectivity index (χ0) is 15.9. The Morgan fingerprint density at radius 2 is 1.95 bits per heavy atom. The van der Waals surface area contributed by atoms with Crippen LogP contribution in [0.4, 0.5) is 0 Å². The minimum absolute atomic E-state index is 0.0384. The summed E-state index contributed by atoms with van der Waals surface area (Å²) in [4.78, 5) is 11.4. The Bertz CT molecular complexity index is 534. The first-order valence-electron chi connectivity index (χ1n) is 7.08. The fourth-order valence-corrected chi connectivity index (χ4v) is 4.79. The van der Waals surface area contributed by atoms with Crippen molar-refractivity contribution in [2.45, 2.75) is 20.8 Å². The number of hydrogen-bond acceptors (Lipinski definition) is 3. The molecule has 1 unspecified atom stereocenters. The number of rotatable bonds is 8. The number of benzene rings is 1. The molecule has 0 saturated heterocycles. The molecular weight excluding hydrogens is 287 g/mol. The molecule has 1 aromatic rings. The van der Waals surface area contributed by atoms with E-state index in [1.165, 1.54) is 0 Å². The van der Waals surface area contributed by atoms with E-state index in [9.17, 15) is 14.5 Å². The number of carboxylic acids is 1. The first-order valence-corrected chi connectivity index (χ1v) is 9.07. The largest absolute Gasteiger partial charge is 0.478 e. The van der Waals surface area contributed by atoms with Gasteiger partial charge in [-0.15, -0.1) is 0 Å². The molecule has 0 fully saturated rings. The van der Waals surface area contributed by atoms with Gasteiger partial charge in [0, 0.05) is 11.7 Å². The van der Waals surface area contributed by atoms with Crippen molar-refractivity contribution in [3.05, 3.63) is 41.5 Å². The van der Waals surface area contributed by atoms with E-state index in [0.29, 0.717) is 12.8 Å². The molecule has 1 aromatic carbocycles. The van der Waals surface area contributed by atoms with Gasteiger partial charge in [-0.2, -0.15) is 0 Å². The Labute approximate surface area is 126 Å². The molecule has 0 heterocycles. The smallest absolute Gasteiger partial charge is 0.332 e. The average Bonchev–Trinajstić information content (AvgIpc) is 2.38. The van der Waals surface area contributed by atoms with Crippen LogP contribution in [0.3, 0.4) is 0 Å². The van der Waals surface area contributed by atoms with Gasteiger partial charge < -0.3 is 9.63 Å². The van der Waals surface area contributed by atoms with Crippen LogP contribution >= 0.6 is 7.37 Å². The van der Waals surface area contributed by atoms with Gasteiger partial charge in [0.25, 0.3) is 0 Å². The van der Waals surface area contributed by atoms with Crippen LogP contribution in [0.25, 0.3) is 6.08 Å². The van der Waals surface area contributed by atoms with Crippen molar-refractivity contribution < 1.29 is 19.0 Å². The van der Waals surface area contributed by atoms with Crippen molar-refractivity contribution >= 4 is 19.4 Å². The van der Waals surface area contributed by atoms with Crippen molar-refractivity contribution in [2.75, 3.05) is 18.9 Å². The lowest BCUT2D eigenvalue weighted by Gasteiger charge is -2.20. The minimum Gasteiger partial charge on any atom is -0.478 e. The number of aliphatic carboxylic acids is 1. The average molecular weight is 310 g/mol. The SMILES string of the molecule is CCOP(=O)(C/C(=C/c1ccccc1)C(=O)O)CC(C)C. The highest BCUT2D eigenvalue weighted by Crippen LogP contribution is 2.50. The lowest BCUT2D eigenvalue weighted by atomic mass is 10.1. The van der Waals surface area contributed by atoms with Gasteiger partial charge in [-0.05, 0) is 24.5 Å². The molecule has 21 heavy (non-hydrogen) atoms. The standard InChI is InChI=1S/C16H23O4P/c1-4-20-21(19,11-13(2)3)12-15(16(17)18)10-14-8-6-5-7-9-14/h5-10,13H,4,11-12H2,1-3H3,(H,17,18)/b15-10-. The highest BCUT2D eigenvalue weighted by atomic mass is 31.2. The molecule has 1 rings (SSSR count). The zero-order valence-corrected chi connectivity index (χ0v) is 13.7. The van der Waals surface area contributed by atoms with E-state index < -0.39 is 13.3 Å². The van der Waals surface area contributed by atoms with Crippen LogP contribution in [0.15, 0.2) is 35.9 Å². The Kier molecular flexibility index (Phi) is 6.86. The highest BCUT2D eigenvalue weighted by molar-refractivity contribution is 7.59. The summed E-state index contributed by atoms with van der Waals surface area (Å²) in [5, 5.41) is 9.36. The molecule has 0 radical (unpaired) electrons. The van der Waals surface area contributed by atoms with Crippen LogP contribution < -0.4 is 0 Å². The summed E-state index contributed by atoms with van der Waals surface area (Å²) in [5.74, 6) is -0.864. The zero-order valence-electron chi connectivity index (χ0n) is 12.8. The lowest BCUT2D eigenvalue weighted by molar-refractivity contribution is -0.132. The summed E-state index contributed by atoms with van der Waals surface area (Å²) in [7, 11) is -2.97. The number of hydrogen-bond donors (Lipinski definition) is 1. The Morgan fingerprint density at radius 3 is 2.43 bits per heavy atom. The monoisotopic (exact) mass is 310 g/mol. The molecule has 0 saturated carbocycles. The second kappa shape index (κ2) is 8.16. The summed E-state index contributed by atoms with van der Waals surface area (Å²) in [5.41, 5.74) is 0.904. The van der Waals surface area contributed by atoms with Gasteiger partial charge in [0.1, 0.15) is 0 Å². The molecule has 4 nitrogen and oxygen atoms in total. The van der Waals surface area contributed by atoms with Gasteiger partial charge >= 0.3 is 5.97 Å². The van der Waals surface area contributed by atoms with Crippen molar-refractivity contribution in [2.24, 2.45) is 5.92 Å². The molecule has 1 atom stereocenters. The Hall–Kier alpha value is -1.38. The Balaban J connectivity index is 3.03. The molecule has 5 heteroatoms. The van der Waals surface area contributed by atoms with Crippen LogP contribution in [-0.2, 0) is 13.9 Å². The highest BCUT2D eigenvalue weighted by Gasteiger charge is 2.28. The summed E-state index contributed by atoms with van der Waals surface area (Å²) < 4.78 is 18.2. The van der Waals surface area contributed by atoms with Gasteiger partial charge in [-0.1, -0.05) is 44.2 Å². The summed E-state index contributed by atoms with van der Waals surface area (Å²) in [6, 6.07) is 9.17. The van der Waals surface area contributed by atoms with Gasteiger partial charge in [0.05, 0.1) is 12.8 Å². The van der Waals surface area contributed by atoms with Crippen molar-refractivity contribution in [1.82, 2.24) is 0 Å². The van der Waals surface area contributed by atoms with Crippen LogP contribution in [0.1, 0.15) is 26.3 Å². The first kappa shape index (κ1) is 17.7. The van der Waals surface area contributed by atoms with Crippen LogP contribution in [0.2, 0.25) is 0 Å². The molecule has 0 amide bonds. The van der Waals surface area contributed by atoms with E-state index in [1.807, 2.05) is 44.2 Å². The molecule has 0 aliphatic rings. The lowest BCUT2D eigenvalue weighted by Crippen LogP contribution is -2.11. The van der Waals surface area contributed by atoms with Crippen molar-refractivity contribution in [1.29, 1.82) is 0 Å². The van der Waals surface area contributed by atoms with E-state index in [1.54, 1.807) is 13.0 Å². The maximum Gasteiger partial charge on any atom is 0.332 e. The second-order valence-corrected chi connectivity index (χ2v) is 7.92. The summed E-state index contributed by atoms with van der Waals surface area (Å²) in [6.07, 6.45) is 1.91. The number of carbonyl (C=O) groups is 1. The molecule has 0 aliphatic heterocycles. The molecular formula is C16H23O4P. The second-order valence-electron chi connectivity index (χ2n) is 5.35. The maximum absolute atomic E-state index is 12.8. The van der Waals surface area contributed by atoms with Gasteiger partial charge in [-0.25, -0.2) is 4.79 Å². The summed E-state index contributed by atoms with van der Waals surface area (Å²) in [6.45, 7) is 6.00. The van der Waals surface area contributed by atoms with E-state index in [4.69, 9.17) is 4.52 Å². The van der Waals surface area contributed by atoms with E-state index in [0.717, 1.165) is 5.56 Å². The fraction of sp³-hybridized carbons (Fsp3) is 0.438. The van der Waals surface area contributed by atoms with Crippen molar-refractivity contribution in [3.8, 4) is 0 Å². The van der Waals surface area contributed by atoms with Crippen LogP contribution in [-0.4, -0.2) is 30.0 Å². The predicted molar refractivity (Wildman–Crippen MR) is 85.9 cm³/mol. The minimum atomic E-state index is -2.97. The molecule has 0 aromatic heterocycles. The topological polar surface area (TPSA) is 63.6 Å². The van der Waals surface area contributed by atoms with Gasteiger partial charge in [-0.3, -0.25) is 4.57 Å². The van der Waals surface area contributed by atoms with Gasteiger partial charge in [0.2, 0.25) is 7.37 Å².